The van der Waals surface area contributed by atoms with Crippen LogP contribution in [0.3, 0.4) is 0 Å². The van der Waals surface area contributed by atoms with Crippen LogP contribution in [0.1, 0.15) is 49.2 Å². The quantitative estimate of drug-likeness (QED) is 0.780. The van der Waals surface area contributed by atoms with Crippen molar-refractivity contribution in [3.63, 3.8) is 0 Å². The standard InChI is InChI=1S/C20H27N3OS/c1-14-11-12-17-18(13-14)25-20(22-17)23-19(24)21-15(2)7-6-10-16-8-4-3-5-9-16/h3-5,8-9,14-15H,6-7,10-13H2,1-2H3,(H2,21,22,23,24)/t14-,15+/m0/s1. The number of anilines is 1. The first-order chi connectivity index (χ1) is 12.1. The minimum absolute atomic E-state index is 0.147. The number of nitrogens with zero attached hydrogens (tertiary/aromatic N) is 1. The molecule has 5 heteroatoms. The molecule has 134 valence electrons. The maximum absolute atomic E-state index is 12.2. The lowest BCUT2D eigenvalue weighted by atomic mass is 9.93. The van der Waals surface area contributed by atoms with E-state index in [0.717, 1.165) is 43.2 Å². The smallest absolute Gasteiger partial charge is 0.321 e. The second kappa shape index (κ2) is 8.48. The number of rotatable bonds is 6. The molecule has 1 aliphatic rings. The summed E-state index contributed by atoms with van der Waals surface area (Å²) in [5.74, 6) is 0.722. The molecule has 0 spiro atoms. The van der Waals surface area contributed by atoms with Gasteiger partial charge in [0.25, 0.3) is 0 Å². The van der Waals surface area contributed by atoms with Crippen molar-refractivity contribution in [2.24, 2.45) is 5.92 Å². The highest BCUT2D eigenvalue weighted by Crippen LogP contribution is 2.32. The van der Waals surface area contributed by atoms with E-state index in [-0.39, 0.29) is 12.1 Å². The Labute approximate surface area is 154 Å². The molecule has 0 saturated heterocycles. The van der Waals surface area contributed by atoms with E-state index in [4.69, 9.17) is 0 Å². The Kier molecular flexibility index (Phi) is 6.08. The van der Waals surface area contributed by atoms with Crippen molar-refractivity contribution in [2.45, 2.75) is 58.4 Å². The first-order valence-electron chi connectivity index (χ1n) is 9.20. The number of urea groups is 1. The minimum Gasteiger partial charge on any atom is -0.335 e. The van der Waals surface area contributed by atoms with Gasteiger partial charge in [0.05, 0.1) is 5.69 Å². The van der Waals surface area contributed by atoms with E-state index in [0.29, 0.717) is 0 Å². The van der Waals surface area contributed by atoms with Gasteiger partial charge in [-0.25, -0.2) is 9.78 Å². The number of hydrogen-bond acceptors (Lipinski definition) is 3. The normalized spacial score (nSPS) is 17.6. The molecule has 0 aliphatic heterocycles. The van der Waals surface area contributed by atoms with Crippen molar-refractivity contribution >= 4 is 22.5 Å². The molecule has 1 aromatic heterocycles. The van der Waals surface area contributed by atoms with Crippen LogP contribution in [0, 0.1) is 5.92 Å². The molecule has 2 aromatic rings. The minimum atomic E-state index is -0.147. The first kappa shape index (κ1) is 17.9. The van der Waals surface area contributed by atoms with Crippen LogP contribution in [0.2, 0.25) is 0 Å². The van der Waals surface area contributed by atoms with Gasteiger partial charge in [-0.1, -0.05) is 37.3 Å². The number of aryl methyl sites for hydroxylation is 2. The summed E-state index contributed by atoms with van der Waals surface area (Å²) >= 11 is 1.63. The summed E-state index contributed by atoms with van der Waals surface area (Å²) in [4.78, 5) is 18.1. The summed E-state index contributed by atoms with van der Waals surface area (Å²) in [5.41, 5.74) is 2.52. The zero-order valence-corrected chi connectivity index (χ0v) is 15.9. The molecule has 2 atom stereocenters. The summed E-state index contributed by atoms with van der Waals surface area (Å²) in [5, 5.41) is 6.66. The molecule has 3 rings (SSSR count). The van der Waals surface area contributed by atoms with E-state index in [9.17, 15) is 4.79 Å². The topological polar surface area (TPSA) is 54.0 Å². The van der Waals surface area contributed by atoms with Gasteiger partial charge in [-0.15, -0.1) is 11.3 Å². The number of benzene rings is 1. The lowest BCUT2D eigenvalue weighted by Crippen LogP contribution is -2.36. The van der Waals surface area contributed by atoms with Crippen molar-refractivity contribution in [3.05, 3.63) is 46.5 Å². The average Bonchev–Trinajstić information content (AvgIpc) is 2.96. The van der Waals surface area contributed by atoms with E-state index in [1.807, 2.05) is 6.07 Å². The highest BCUT2D eigenvalue weighted by atomic mass is 32.1. The van der Waals surface area contributed by atoms with Crippen LogP contribution in [-0.2, 0) is 19.3 Å². The van der Waals surface area contributed by atoms with E-state index in [1.54, 1.807) is 11.3 Å². The van der Waals surface area contributed by atoms with Gasteiger partial charge >= 0.3 is 6.03 Å². The molecule has 0 unspecified atom stereocenters. The number of amides is 2. The predicted octanol–water partition coefficient (Wildman–Crippen LogP) is 4.80. The average molecular weight is 358 g/mol. The van der Waals surface area contributed by atoms with Crippen LogP contribution < -0.4 is 10.6 Å². The molecule has 1 aliphatic carbocycles. The Morgan fingerprint density at radius 2 is 2.16 bits per heavy atom. The molecule has 0 bridgehead atoms. The van der Waals surface area contributed by atoms with Crippen molar-refractivity contribution in [3.8, 4) is 0 Å². The van der Waals surface area contributed by atoms with Crippen LogP contribution in [0.5, 0.6) is 0 Å². The SMILES string of the molecule is C[C@H]1CCc2nc(NC(=O)N[C@H](C)CCCc3ccccc3)sc2C1. The van der Waals surface area contributed by atoms with Gasteiger partial charge < -0.3 is 5.32 Å². The fourth-order valence-corrected chi connectivity index (χ4v) is 4.45. The summed E-state index contributed by atoms with van der Waals surface area (Å²) in [6.45, 7) is 4.33. The van der Waals surface area contributed by atoms with Crippen molar-refractivity contribution < 1.29 is 4.79 Å². The number of nitrogens with one attached hydrogen (secondary N) is 2. The van der Waals surface area contributed by atoms with Crippen molar-refractivity contribution in [1.82, 2.24) is 10.3 Å². The third kappa shape index (κ3) is 5.30. The van der Waals surface area contributed by atoms with Crippen LogP contribution in [0.25, 0.3) is 0 Å². The second-order valence-corrected chi connectivity index (χ2v) is 8.20. The Hall–Kier alpha value is -1.88. The highest BCUT2D eigenvalue weighted by molar-refractivity contribution is 7.15. The Balaban J connectivity index is 1.41. The van der Waals surface area contributed by atoms with Crippen LogP contribution in [0.4, 0.5) is 9.93 Å². The van der Waals surface area contributed by atoms with Crippen LogP contribution in [-0.4, -0.2) is 17.1 Å². The van der Waals surface area contributed by atoms with E-state index < -0.39 is 0 Å². The third-order valence-corrected chi connectivity index (χ3v) is 5.76. The molecule has 25 heavy (non-hydrogen) atoms. The number of carbonyl (C=O) groups is 1. The zero-order chi connectivity index (χ0) is 17.6. The number of thiazole rings is 1. The van der Waals surface area contributed by atoms with Gasteiger partial charge in [-0.05, 0) is 56.9 Å². The Bertz CT molecular complexity index is 698. The third-order valence-electron chi connectivity index (χ3n) is 4.73. The largest absolute Gasteiger partial charge is 0.335 e. The molecular weight excluding hydrogens is 330 g/mol. The lowest BCUT2D eigenvalue weighted by molar-refractivity contribution is 0.248. The molecular formula is C20H27N3OS. The van der Waals surface area contributed by atoms with Gasteiger partial charge in [-0.3, -0.25) is 5.32 Å². The van der Waals surface area contributed by atoms with Crippen molar-refractivity contribution in [1.29, 1.82) is 0 Å². The maximum atomic E-state index is 12.2. The van der Waals surface area contributed by atoms with Crippen molar-refractivity contribution in [2.75, 3.05) is 5.32 Å². The summed E-state index contributed by atoms with van der Waals surface area (Å²) in [6.07, 6.45) is 6.40. The highest BCUT2D eigenvalue weighted by Gasteiger charge is 2.20. The predicted molar refractivity (Wildman–Crippen MR) is 104 cm³/mol. The summed E-state index contributed by atoms with van der Waals surface area (Å²) in [6, 6.07) is 10.5. The zero-order valence-electron chi connectivity index (χ0n) is 15.0. The van der Waals surface area contributed by atoms with Gasteiger partial charge in [0, 0.05) is 10.9 Å². The van der Waals surface area contributed by atoms with Gasteiger partial charge in [-0.2, -0.15) is 0 Å². The Morgan fingerprint density at radius 1 is 1.36 bits per heavy atom. The molecule has 1 heterocycles. The van der Waals surface area contributed by atoms with E-state index >= 15 is 0 Å². The maximum Gasteiger partial charge on any atom is 0.321 e. The molecule has 2 amide bonds. The second-order valence-electron chi connectivity index (χ2n) is 7.11. The Morgan fingerprint density at radius 3 is 2.96 bits per heavy atom. The van der Waals surface area contributed by atoms with Crippen LogP contribution in [0.15, 0.2) is 30.3 Å². The molecule has 4 nitrogen and oxygen atoms in total. The van der Waals surface area contributed by atoms with Gasteiger partial charge in [0.15, 0.2) is 5.13 Å². The number of aromatic nitrogens is 1. The molecule has 2 N–H and O–H groups in total. The molecule has 0 saturated carbocycles. The first-order valence-corrected chi connectivity index (χ1v) is 10.0. The molecule has 0 radical (unpaired) electrons. The molecule has 1 aromatic carbocycles. The van der Waals surface area contributed by atoms with Crippen LogP contribution >= 0.6 is 11.3 Å². The molecule has 0 fully saturated rings. The number of hydrogen-bond donors (Lipinski definition) is 2. The fraction of sp³-hybridized carbons (Fsp3) is 0.500. The van der Waals surface area contributed by atoms with E-state index in [2.05, 4.69) is 53.7 Å². The fourth-order valence-electron chi connectivity index (χ4n) is 3.28. The lowest BCUT2D eigenvalue weighted by Gasteiger charge is -2.15. The number of carbonyl (C=O) groups excluding carboxylic acids is 1. The van der Waals surface area contributed by atoms with Gasteiger partial charge in [0.2, 0.25) is 0 Å². The summed E-state index contributed by atoms with van der Waals surface area (Å²) < 4.78 is 0. The monoisotopic (exact) mass is 357 g/mol. The van der Waals surface area contributed by atoms with E-state index in [1.165, 1.54) is 22.6 Å². The summed E-state index contributed by atoms with van der Waals surface area (Å²) in [7, 11) is 0. The number of fused-ring (bicyclic) bond motifs is 1. The van der Waals surface area contributed by atoms with Gasteiger partial charge in [0.1, 0.15) is 0 Å².